The van der Waals surface area contributed by atoms with Crippen molar-refractivity contribution in [1.29, 1.82) is 0 Å². The van der Waals surface area contributed by atoms with E-state index in [0.29, 0.717) is 16.0 Å². The molecule has 2 N–H and O–H groups in total. The summed E-state index contributed by atoms with van der Waals surface area (Å²) in [5, 5.41) is 24.8. The normalized spacial score (nSPS) is 19.3. The lowest BCUT2D eigenvalue weighted by atomic mass is 9.98. The first kappa shape index (κ1) is 20.4. The first-order chi connectivity index (χ1) is 10.1. The van der Waals surface area contributed by atoms with E-state index in [0.717, 1.165) is 39.0 Å². The molecule has 23 heavy (non-hydrogen) atoms. The largest absolute Gasteiger partial charge is 0.502 e. The van der Waals surface area contributed by atoms with Crippen LogP contribution in [0, 0.1) is 16.0 Å². The highest BCUT2D eigenvalue weighted by atomic mass is 79.9. The molecule has 1 heterocycles. The Hall–Kier alpha value is -0.600. The summed E-state index contributed by atoms with van der Waals surface area (Å²) in [6.07, 6.45) is 2.24. The summed E-state index contributed by atoms with van der Waals surface area (Å²) in [6, 6.07) is 3.26. The number of aromatic hydroxyl groups is 1. The zero-order valence-electron chi connectivity index (χ0n) is 12.4. The van der Waals surface area contributed by atoms with E-state index in [1.807, 2.05) is 6.07 Å². The molecular formula is C14H20BrCl2N3O3. The van der Waals surface area contributed by atoms with Crippen LogP contribution in [0.4, 0.5) is 5.69 Å². The number of nitro groups is 1. The summed E-state index contributed by atoms with van der Waals surface area (Å²) >= 11 is 3.33. The number of nitro benzene ring substituents is 1. The smallest absolute Gasteiger partial charge is 0.312 e. The highest BCUT2D eigenvalue weighted by molar-refractivity contribution is 9.10. The van der Waals surface area contributed by atoms with Crippen molar-refractivity contribution >= 4 is 46.4 Å². The predicted octanol–water partition coefficient (Wildman–Crippen LogP) is 3.26. The van der Waals surface area contributed by atoms with Crippen LogP contribution in [0.15, 0.2) is 16.6 Å². The molecule has 1 aliphatic carbocycles. The maximum atomic E-state index is 11.1. The predicted molar refractivity (Wildman–Crippen MR) is 96.9 cm³/mol. The summed E-state index contributed by atoms with van der Waals surface area (Å²) in [5.41, 5.74) is 0.459. The van der Waals surface area contributed by atoms with Crippen molar-refractivity contribution < 1.29 is 10.0 Å². The molecule has 1 aromatic carbocycles. The average Bonchev–Trinajstić information content (AvgIpc) is 3.28. The molecule has 6 nitrogen and oxygen atoms in total. The standard InChI is InChI=1S/C14H18BrN3O3.2ClH/c15-10-7-11(14(19)12(8-10)18(20)21)13(9-1-2-9)17-5-3-16-4-6-17;;/h7-9,13,16,19H,1-6H2;2*1H/t13-;;/m1../s1. The van der Waals surface area contributed by atoms with Gasteiger partial charge in [-0.25, -0.2) is 0 Å². The van der Waals surface area contributed by atoms with Crippen LogP contribution >= 0.6 is 40.7 Å². The van der Waals surface area contributed by atoms with Crippen LogP contribution in [0.5, 0.6) is 5.75 Å². The molecule has 1 saturated carbocycles. The molecule has 0 spiro atoms. The Bertz CT molecular complexity index is 566. The van der Waals surface area contributed by atoms with E-state index in [4.69, 9.17) is 0 Å². The summed E-state index contributed by atoms with van der Waals surface area (Å²) < 4.78 is 0.641. The molecule has 9 heteroatoms. The zero-order valence-corrected chi connectivity index (χ0v) is 15.6. The van der Waals surface area contributed by atoms with Crippen LogP contribution in [-0.4, -0.2) is 41.1 Å². The fraction of sp³-hybridized carbons (Fsp3) is 0.571. The fourth-order valence-corrected chi connectivity index (χ4v) is 3.55. The molecule has 0 radical (unpaired) electrons. The van der Waals surface area contributed by atoms with Crippen molar-refractivity contribution in [3.8, 4) is 5.75 Å². The van der Waals surface area contributed by atoms with E-state index in [-0.39, 0.29) is 42.3 Å². The fourth-order valence-electron chi connectivity index (χ4n) is 3.09. The quantitative estimate of drug-likeness (QED) is 0.568. The average molecular weight is 429 g/mol. The van der Waals surface area contributed by atoms with Crippen molar-refractivity contribution in [3.63, 3.8) is 0 Å². The minimum atomic E-state index is -0.523. The summed E-state index contributed by atoms with van der Waals surface area (Å²) in [7, 11) is 0. The van der Waals surface area contributed by atoms with Gasteiger partial charge in [-0.15, -0.1) is 24.8 Å². The lowest BCUT2D eigenvalue weighted by Gasteiger charge is -2.35. The lowest BCUT2D eigenvalue weighted by Crippen LogP contribution is -2.45. The van der Waals surface area contributed by atoms with Gasteiger partial charge < -0.3 is 10.4 Å². The number of nitrogens with zero attached hydrogens (tertiary/aromatic N) is 2. The second-order valence-corrected chi connectivity index (χ2v) is 6.60. The van der Waals surface area contributed by atoms with Crippen molar-refractivity contribution in [2.75, 3.05) is 26.2 Å². The number of rotatable bonds is 4. The van der Waals surface area contributed by atoms with E-state index in [1.54, 1.807) is 0 Å². The zero-order chi connectivity index (χ0) is 15.0. The van der Waals surface area contributed by atoms with Gasteiger partial charge in [-0.05, 0) is 24.8 Å². The van der Waals surface area contributed by atoms with Gasteiger partial charge in [0.15, 0.2) is 5.75 Å². The van der Waals surface area contributed by atoms with Crippen molar-refractivity contribution in [3.05, 3.63) is 32.3 Å². The van der Waals surface area contributed by atoms with Gasteiger partial charge in [0.05, 0.1) is 4.92 Å². The Morgan fingerprint density at radius 3 is 2.43 bits per heavy atom. The molecule has 2 fully saturated rings. The van der Waals surface area contributed by atoms with Crippen LogP contribution in [0.3, 0.4) is 0 Å². The van der Waals surface area contributed by atoms with Gasteiger partial charge in [-0.3, -0.25) is 15.0 Å². The number of phenols is 1. The van der Waals surface area contributed by atoms with Gasteiger partial charge in [0, 0.05) is 48.3 Å². The topological polar surface area (TPSA) is 78.6 Å². The number of nitrogens with one attached hydrogen (secondary N) is 1. The van der Waals surface area contributed by atoms with Crippen LogP contribution in [0.25, 0.3) is 0 Å². The van der Waals surface area contributed by atoms with E-state index < -0.39 is 4.92 Å². The molecule has 0 amide bonds. The SMILES string of the molecule is Cl.Cl.O=[N+]([O-])c1cc(Br)cc([C@@H](C2CC2)N2CCNCC2)c1O. The Labute approximate surface area is 155 Å². The molecule has 130 valence electrons. The van der Waals surface area contributed by atoms with E-state index in [1.165, 1.54) is 6.07 Å². The summed E-state index contributed by atoms with van der Waals surface area (Å²) in [6.45, 7) is 3.64. The number of phenolic OH excluding ortho intramolecular Hbond substituents is 1. The molecule has 1 aliphatic heterocycles. The molecule has 1 saturated heterocycles. The van der Waals surface area contributed by atoms with E-state index in [2.05, 4.69) is 26.1 Å². The second-order valence-electron chi connectivity index (χ2n) is 5.69. The summed E-state index contributed by atoms with van der Waals surface area (Å²) in [4.78, 5) is 12.9. The Morgan fingerprint density at radius 1 is 1.30 bits per heavy atom. The molecule has 0 bridgehead atoms. The maximum absolute atomic E-state index is 11.1. The molecule has 1 aromatic rings. The molecule has 0 unspecified atom stereocenters. The van der Waals surface area contributed by atoms with Crippen molar-refractivity contribution in [2.45, 2.75) is 18.9 Å². The van der Waals surface area contributed by atoms with Crippen molar-refractivity contribution in [2.24, 2.45) is 5.92 Å². The van der Waals surface area contributed by atoms with Gasteiger partial charge in [0.25, 0.3) is 0 Å². The first-order valence-electron chi connectivity index (χ1n) is 7.19. The first-order valence-corrected chi connectivity index (χ1v) is 7.99. The molecular weight excluding hydrogens is 409 g/mol. The molecule has 1 atom stereocenters. The Balaban J connectivity index is 0.00000132. The Kier molecular flexibility index (Phi) is 7.54. The van der Waals surface area contributed by atoms with Gasteiger partial charge in [-0.2, -0.15) is 0 Å². The molecule has 0 aromatic heterocycles. The third-order valence-electron chi connectivity index (χ3n) is 4.21. The summed E-state index contributed by atoms with van der Waals surface area (Å²) in [5.74, 6) is 0.307. The third-order valence-corrected chi connectivity index (χ3v) is 4.67. The van der Waals surface area contributed by atoms with Crippen LogP contribution in [0.1, 0.15) is 24.4 Å². The van der Waals surface area contributed by atoms with Crippen LogP contribution in [0.2, 0.25) is 0 Å². The minimum absolute atomic E-state index is 0. The number of piperazine rings is 1. The number of benzene rings is 1. The monoisotopic (exact) mass is 427 g/mol. The van der Waals surface area contributed by atoms with Gasteiger partial charge in [0.2, 0.25) is 0 Å². The Morgan fingerprint density at radius 2 is 1.91 bits per heavy atom. The highest BCUT2D eigenvalue weighted by Gasteiger charge is 2.39. The van der Waals surface area contributed by atoms with Gasteiger partial charge in [0.1, 0.15) is 0 Å². The van der Waals surface area contributed by atoms with Crippen LogP contribution < -0.4 is 5.32 Å². The second kappa shape index (κ2) is 8.48. The lowest BCUT2D eigenvalue weighted by molar-refractivity contribution is -0.386. The van der Waals surface area contributed by atoms with E-state index in [9.17, 15) is 15.2 Å². The maximum Gasteiger partial charge on any atom is 0.312 e. The third kappa shape index (κ3) is 4.48. The number of hydrogen-bond acceptors (Lipinski definition) is 5. The highest BCUT2D eigenvalue weighted by Crippen LogP contribution is 2.49. The number of hydrogen-bond donors (Lipinski definition) is 2. The molecule has 3 rings (SSSR count). The van der Waals surface area contributed by atoms with Gasteiger partial charge >= 0.3 is 5.69 Å². The minimum Gasteiger partial charge on any atom is -0.502 e. The van der Waals surface area contributed by atoms with Crippen molar-refractivity contribution in [1.82, 2.24) is 10.2 Å². The van der Waals surface area contributed by atoms with E-state index >= 15 is 0 Å². The van der Waals surface area contributed by atoms with Crippen LogP contribution in [-0.2, 0) is 0 Å². The number of halogens is 3. The molecule has 2 aliphatic rings. The van der Waals surface area contributed by atoms with Gasteiger partial charge in [-0.1, -0.05) is 15.9 Å².